The van der Waals surface area contributed by atoms with Crippen LogP contribution < -0.4 is 10.5 Å². The molecule has 0 amide bonds. The molecular formula is C15H13NO2S. The molecule has 96 valence electrons. The van der Waals surface area contributed by atoms with Crippen LogP contribution in [0.15, 0.2) is 47.8 Å². The lowest BCUT2D eigenvalue weighted by Gasteiger charge is -2.06. The lowest BCUT2D eigenvalue weighted by molar-refractivity contribution is 0.306. The molecule has 0 saturated heterocycles. The van der Waals surface area contributed by atoms with Crippen molar-refractivity contribution in [2.24, 2.45) is 0 Å². The third-order valence-electron chi connectivity index (χ3n) is 2.92. The maximum Gasteiger partial charge on any atom is 0.123 e. The van der Waals surface area contributed by atoms with Gasteiger partial charge in [0.05, 0.1) is 4.70 Å². The maximum absolute atomic E-state index is 9.38. The van der Waals surface area contributed by atoms with Crippen molar-refractivity contribution in [3.63, 3.8) is 0 Å². The summed E-state index contributed by atoms with van der Waals surface area (Å²) in [5.74, 6) is 0.861. The van der Waals surface area contributed by atoms with Gasteiger partial charge in [-0.05, 0) is 23.6 Å². The van der Waals surface area contributed by atoms with Gasteiger partial charge in [-0.3, -0.25) is 0 Å². The first kappa shape index (κ1) is 11.9. The van der Waals surface area contributed by atoms with Crippen LogP contribution >= 0.6 is 11.3 Å². The topological polar surface area (TPSA) is 55.5 Å². The van der Waals surface area contributed by atoms with Gasteiger partial charge in [-0.2, -0.15) is 0 Å². The first-order chi connectivity index (χ1) is 9.24. The number of aromatic hydroxyl groups is 1. The van der Waals surface area contributed by atoms with Gasteiger partial charge in [0.15, 0.2) is 0 Å². The molecule has 1 aromatic heterocycles. The average molecular weight is 271 g/mol. The summed E-state index contributed by atoms with van der Waals surface area (Å²) in [5.41, 5.74) is 7.84. The van der Waals surface area contributed by atoms with E-state index in [1.54, 1.807) is 29.5 Å². The van der Waals surface area contributed by atoms with Crippen LogP contribution in [-0.4, -0.2) is 5.11 Å². The number of hydrogen-bond acceptors (Lipinski definition) is 4. The number of anilines is 1. The molecule has 0 spiro atoms. The van der Waals surface area contributed by atoms with Crippen LogP contribution in [0.3, 0.4) is 0 Å². The predicted octanol–water partition coefficient (Wildman–Crippen LogP) is 3.77. The number of nitrogen functional groups attached to an aromatic ring is 1. The number of rotatable bonds is 3. The van der Waals surface area contributed by atoms with E-state index in [-0.39, 0.29) is 5.75 Å². The fraction of sp³-hybridized carbons (Fsp3) is 0.0667. The smallest absolute Gasteiger partial charge is 0.123 e. The Morgan fingerprint density at radius 2 is 2.00 bits per heavy atom. The van der Waals surface area contributed by atoms with Crippen molar-refractivity contribution in [2.75, 3.05) is 5.73 Å². The Hall–Kier alpha value is -2.20. The molecule has 2 aromatic carbocycles. The molecular weight excluding hydrogens is 258 g/mol. The third kappa shape index (κ3) is 2.35. The summed E-state index contributed by atoms with van der Waals surface area (Å²) in [6.07, 6.45) is 0. The van der Waals surface area contributed by atoms with E-state index in [1.165, 1.54) is 0 Å². The zero-order chi connectivity index (χ0) is 13.2. The van der Waals surface area contributed by atoms with E-state index in [0.29, 0.717) is 12.4 Å². The average Bonchev–Trinajstić information content (AvgIpc) is 2.81. The minimum absolute atomic E-state index is 0.205. The van der Waals surface area contributed by atoms with Crippen LogP contribution in [0.25, 0.3) is 10.1 Å². The lowest BCUT2D eigenvalue weighted by atomic mass is 10.2. The molecule has 0 radical (unpaired) electrons. The Morgan fingerprint density at radius 3 is 2.84 bits per heavy atom. The fourth-order valence-corrected chi connectivity index (χ4v) is 2.96. The van der Waals surface area contributed by atoms with Gasteiger partial charge in [0, 0.05) is 22.7 Å². The zero-order valence-corrected chi connectivity index (χ0v) is 11.0. The van der Waals surface area contributed by atoms with Crippen LogP contribution in [0.1, 0.15) is 5.56 Å². The van der Waals surface area contributed by atoms with E-state index in [2.05, 4.69) is 5.38 Å². The van der Waals surface area contributed by atoms with Gasteiger partial charge in [-0.1, -0.05) is 18.2 Å². The van der Waals surface area contributed by atoms with Crippen LogP contribution in [0.4, 0.5) is 5.69 Å². The Kier molecular flexibility index (Phi) is 3.01. The minimum atomic E-state index is 0.205. The summed E-state index contributed by atoms with van der Waals surface area (Å²) in [5, 5.41) is 12.6. The van der Waals surface area contributed by atoms with Gasteiger partial charge >= 0.3 is 0 Å². The first-order valence-electron chi connectivity index (χ1n) is 5.90. The normalized spacial score (nSPS) is 10.7. The summed E-state index contributed by atoms with van der Waals surface area (Å²) < 4.78 is 6.78. The highest BCUT2D eigenvalue weighted by Crippen LogP contribution is 2.31. The SMILES string of the molecule is Nc1cccc2c(COc3cccc(O)c3)csc12. The van der Waals surface area contributed by atoms with E-state index in [4.69, 9.17) is 10.5 Å². The molecule has 0 saturated carbocycles. The molecule has 3 N–H and O–H groups in total. The number of phenols is 1. The minimum Gasteiger partial charge on any atom is -0.508 e. The number of benzene rings is 2. The van der Waals surface area contributed by atoms with Gasteiger partial charge in [0.25, 0.3) is 0 Å². The molecule has 0 aliphatic carbocycles. The van der Waals surface area contributed by atoms with Gasteiger partial charge in [0.2, 0.25) is 0 Å². The molecule has 3 nitrogen and oxygen atoms in total. The first-order valence-corrected chi connectivity index (χ1v) is 6.78. The number of phenolic OH excluding ortho intramolecular Hbond substituents is 1. The molecule has 3 aromatic rings. The van der Waals surface area contributed by atoms with Gasteiger partial charge < -0.3 is 15.6 Å². The second-order valence-electron chi connectivity index (χ2n) is 4.27. The number of nitrogens with two attached hydrogens (primary N) is 1. The number of fused-ring (bicyclic) bond motifs is 1. The van der Waals surface area contributed by atoms with Crippen molar-refractivity contribution in [1.29, 1.82) is 0 Å². The molecule has 0 fully saturated rings. The zero-order valence-electron chi connectivity index (χ0n) is 10.2. The summed E-state index contributed by atoms with van der Waals surface area (Å²) >= 11 is 1.62. The largest absolute Gasteiger partial charge is 0.508 e. The van der Waals surface area contributed by atoms with E-state index in [1.807, 2.05) is 24.3 Å². The number of hydrogen-bond donors (Lipinski definition) is 2. The van der Waals surface area contributed by atoms with Crippen molar-refractivity contribution in [2.45, 2.75) is 6.61 Å². The molecule has 0 bridgehead atoms. The van der Waals surface area contributed by atoms with Crippen LogP contribution in [-0.2, 0) is 6.61 Å². The molecule has 0 aliphatic rings. The Bertz CT molecular complexity index is 721. The van der Waals surface area contributed by atoms with Crippen LogP contribution in [0.5, 0.6) is 11.5 Å². The Labute approximate surface area is 114 Å². The van der Waals surface area contributed by atoms with E-state index >= 15 is 0 Å². The van der Waals surface area contributed by atoms with Crippen molar-refractivity contribution in [3.8, 4) is 11.5 Å². The molecule has 0 unspecified atom stereocenters. The molecule has 0 atom stereocenters. The molecule has 19 heavy (non-hydrogen) atoms. The van der Waals surface area contributed by atoms with E-state index < -0.39 is 0 Å². The molecule has 1 heterocycles. The van der Waals surface area contributed by atoms with Crippen molar-refractivity contribution >= 4 is 27.1 Å². The molecule has 3 rings (SSSR count). The van der Waals surface area contributed by atoms with E-state index in [9.17, 15) is 5.11 Å². The summed E-state index contributed by atoms with van der Waals surface area (Å²) in [4.78, 5) is 0. The second-order valence-corrected chi connectivity index (χ2v) is 5.15. The second kappa shape index (κ2) is 4.82. The molecule has 4 heteroatoms. The van der Waals surface area contributed by atoms with Gasteiger partial charge in [-0.15, -0.1) is 11.3 Å². The van der Waals surface area contributed by atoms with Crippen molar-refractivity contribution in [3.05, 3.63) is 53.4 Å². The highest BCUT2D eigenvalue weighted by atomic mass is 32.1. The monoisotopic (exact) mass is 271 g/mol. The lowest BCUT2D eigenvalue weighted by Crippen LogP contribution is -1.94. The number of ether oxygens (including phenoxy) is 1. The van der Waals surface area contributed by atoms with Crippen molar-refractivity contribution < 1.29 is 9.84 Å². The Morgan fingerprint density at radius 1 is 1.16 bits per heavy atom. The van der Waals surface area contributed by atoms with Crippen LogP contribution in [0.2, 0.25) is 0 Å². The van der Waals surface area contributed by atoms with Gasteiger partial charge in [-0.25, -0.2) is 0 Å². The highest BCUT2D eigenvalue weighted by molar-refractivity contribution is 7.18. The maximum atomic E-state index is 9.38. The van der Waals surface area contributed by atoms with Gasteiger partial charge in [0.1, 0.15) is 18.1 Å². The third-order valence-corrected chi connectivity index (χ3v) is 4.02. The predicted molar refractivity (Wildman–Crippen MR) is 78.7 cm³/mol. The summed E-state index contributed by atoms with van der Waals surface area (Å²) in [7, 11) is 0. The Balaban J connectivity index is 1.84. The standard InChI is InChI=1S/C15H13NO2S/c16-14-6-2-5-13-10(9-19-15(13)14)8-18-12-4-1-3-11(17)7-12/h1-7,9,17H,8,16H2. The highest BCUT2D eigenvalue weighted by Gasteiger charge is 2.07. The summed E-state index contributed by atoms with van der Waals surface area (Å²) in [6.45, 7) is 0.465. The van der Waals surface area contributed by atoms with Crippen LogP contribution in [0, 0.1) is 0 Å². The number of thiophene rings is 1. The quantitative estimate of drug-likeness (QED) is 0.713. The van der Waals surface area contributed by atoms with Crippen molar-refractivity contribution in [1.82, 2.24) is 0 Å². The summed E-state index contributed by atoms with van der Waals surface area (Å²) in [6, 6.07) is 12.7. The van der Waals surface area contributed by atoms with E-state index in [0.717, 1.165) is 21.3 Å². The fourth-order valence-electron chi connectivity index (χ4n) is 1.98. The molecule has 0 aliphatic heterocycles.